The Morgan fingerprint density at radius 3 is 2.41 bits per heavy atom. The van der Waals surface area contributed by atoms with Gasteiger partial charge in [0.2, 0.25) is 5.91 Å². The van der Waals surface area contributed by atoms with Gasteiger partial charge in [-0.1, -0.05) is 31.2 Å². The number of methoxy groups -OCH3 is 2. The molecule has 0 aliphatic carbocycles. The lowest BCUT2D eigenvalue weighted by Crippen LogP contribution is -2.21. The first-order chi connectivity index (χ1) is 13.1. The van der Waals surface area contributed by atoms with Crippen LogP contribution in [-0.4, -0.2) is 25.1 Å². The van der Waals surface area contributed by atoms with Crippen molar-refractivity contribution in [3.63, 3.8) is 0 Å². The van der Waals surface area contributed by atoms with Crippen molar-refractivity contribution in [1.82, 2.24) is 10.3 Å². The highest BCUT2D eigenvalue weighted by Gasteiger charge is 2.10. The third kappa shape index (κ3) is 4.46. The minimum absolute atomic E-state index is 0.0542. The molecule has 1 heterocycles. The smallest absolute Gasteiger partial charge is 0.219 e. The van der Waals surface area contributed by atoms with E-state index in [2.05, 4.69) is 5.32 Å². The first-order valence-electron chi connectivity index (χ1n) is 8.68. The fourth-order valence-corrected chi connectivity index (χ4v) is 3.46. The van der Waals surface area contributed by atoms with Crippen molar-refractivity contribution in [2.45, 2.75) is 19.9 Å². The van der Waals surface area contributed by atoms with Crippen LogP contribution in [0.4, 0.5) is 0 Å². The molecular formula is C21H22N2O3S. The molecule has 1 amide bonds. The number of hydrogen-bond donors (Lipinski definition) is 1. The van der Waals surface area contributed by atoms with Crippen LogP contribution in [0.5, 0.6) is 11.5 Å². The number of amides is 1. The average Bonchev–Trinajstić information content (AvgIpc) is 3.22. The van der Waals surface area contributed by atoms with Gasteiger partial charge in [-0.2, -0.15) is 0 Å². The molecule has 0 saturated heterocycles. The fourth-order valence-electron chi connectivity index (χ4n) is 2.63. The summed E-state index contributed by atoms with van der Waals surface area (Å²) >= 11 is 1.60. The van der Waals surface area contributed by atoms with Crippen molar-refractivity contribution in [3.05, 3.63) is 53.4 Å². The number of carbonyl (C=O) groups excluding carboxylic acids is 1. The number of aromatic nitrogens is 1. The number of nitrogens with zero attached hydrogens (tertiary/aromatic N) is 1. The summed E-state index contributed by atoms with van der Waals surface area (Å²) in [5, 5.41) is 5.86. The Kier molecular flexibility index (Phi) is 6.08. The van der Waals surface area contributed by atoms with E-state index < -0.39 is 0 Å². The number of ether oxygens (including phenoxy) is 2. The third-order valence-electron chi connectivity index (χ3n) is 4.20. The molecule has 0 radical (unpaired) electrons. The van der Waals surface area contributed by atoms with E-state index >= 15 is 0 Å². The molecule has 3 rings (SSSR count). The molecule has 0 bridgehead atoms. The Labute approximate surface area is 163 Å². The van der Waals surface area contributed by atoms with Crippen LogP contribution in [0.2, 0.25) is 0 Å². The predicted molar refractivity (Wildman–Crippen MR) is 108 cm³/mol. The van der Waals surface area contributed by atoms with Gasteiger partial charge in [-0.05, 0) is 23.8 Å². The zero-order valence-electron chi connectivity index (χ0n) is 15.6. The van der Waals surface area contributed by atoms with E-state index in [9.17, 15) is 4.79 Å². The second kappa shape index (κ2) is 8.68. The molecule has 0 aliphatic heterocycles. The number of carbonyl (C=O) groups is 1. The highest BCUT2D eigenvalue weighted by molar-refractivity contribution is 7.13. The maximum Gasteiger partial charge on any atom is 0.219 e. The zero-order chi connectivity index (χ0) is 19.2. The van der Waals surface area contributed by atoms with Gasteiger partial charge < -0.3 is 14.8 Å². The molecule has 5 nitrogen and oxygen atoms in total. The standard InChI is InChI=1S/C21H22N2O3S/c1-4-20(24)22-12-14-5-7-15(8-6-14)21-23-17(13-27-21)16-9-10-18(25-2)19(11-16)26-3/h5-11,13H,4,12H2,1-3H3,(H,22,24). The summed E-state index contributed by atoms with van der Waals surface area (Å²) in [5.74, 6) is 1.43. The summed E-state index contributed by atoms with van der Waals surface area (Å²) in [4.78, 5) is 16.1. The summed E-state index contributed by atoms with van der Waals surface area (Å²) in [6.45, 7) is 2.39. The maximum absolute atomic E-state index is 11.4. The van der Waals surface area contributed by atoms with E-state index in [-0.39, 0.29) is 5.91 Å². The largest absolute Gasteiger partial charge is 0.493 e. The SMILES string of the molecule is CCC(=O)NCc1ccc(-c2nc(-c3ccc(OC)c(OC)c3)cs2)cc1. The van der Waals surface area contributed by atoms with Gasteiger partial charge in [0.05, 0.1) is 19.9 Å². The molecule has 0 spiro atoms. The summed E-state index contributed by atoms with van der Waals surface area (Å²) in [6.07, 6.45) is 0.496. The van der Waals surface area contributed by atoms with Gasteiger partial charge in [-0.25, -0.2) is 4.98 Å². The van der Waals surface area contributed by atoms with Gasteiger partial charge >= 0.3 is 0 Å². The predicted octanol–water partition coefficient (Wildman–Crippen LogP) is 4.52. The summed E-state index contributed by atoms with van der Waals surface area (Å²) < 4.78 is 10.7. The molecule has 0 aliphatic rings. The van der Waals surface area contributed by atoms with Gasteiger partial charge in [-0.3, -0.25) is 4.79 Å². The van der Waals surface area contributed by atoms with Crippen LogP contribution in [-0.2, 0) is 11.3 Å². The first kappa shape index (κ1) is 18.9. The van der Waals surface area contributed by atoms with Crippen molar-refractivity contribution >= 4 is 17.2 Å². The zero-order valence-corrected chi connectivity index (χ0v) is 16.4. The van der Waals surface area contributed by atoms with Crippen LogP contribution in [0.3, 0.4) is 0 Å². The van der Waals surface area contributed by atoms with E-state index in [1.165, 1.54) is 0 Å². The third-order valence-corrected chi connectivity index (χ3v) is 5.09. The molecule has 1 N–H and O–H groups in total. The molecule has 0 saturated carbocycles. The van der Waals surface area contributed by atoms with E-state index in [0.29, 0.717) is 24.5 Å². The quantitative estimate of drug-likeness (QED) is 0.653. The van der Waals surface area contributed by atoms with E-state index in [4.69, 9.17) is 14.5 Å². The monoisotopic (exact) mass is 382 g/mol. The van der Waals surface area contributed by atoms with Crippen molar-refractivity contribution in [2.75, 3.05) is 14.2 Å². The molecule has 3 aromatic rings. The Bertz CT molecular complexity index is 919. The van der Waals surface area contributed by atoms with E-state index in [1.807, 2.05) is 54.8 Å². The van der Waals surface area contributed by atoms with E-state index in [0.717, 1.165) is 27.4 Å². The highest BCUT2D eigenvalue weighted by Crippen LogP contribution is 2.34. The van der Waals surface area contributed by atoms with Crippen molar-refractivity contribution in [2.24, 2.45) is 0 Å². The van der Waals surface area contributed by atoms with Gasteiger partial charge in [0, 0.05) is 29.5 Å². The average molecular weight is 382 g/mol. The molecular weight excluding hydrogens is 360 g/mol. The van der Waals surface area contributed by atoms with Crippen molar-refractivity contribution < 1.29 is 14.3 Å². The van der Waals surface area contributed by atoms with Crippen LogP contribution in [0.1, 0.15) is 18.9 Å². The number of thiazole rings is 1. The number of benzene rings is 2. The van der Waals surface area contributed by atoms with Crippen molar-refractivity contribution in [1.29, 1.82) is 0 Å². The molecule has 6 heteroatoms. The number of rotatable bonds is 7. The Hall–Kier alpha value is -2.86. The summed E-state index contributed by atoms with van der Waals surface area (Å²) in [7, 11) is 3.24. The number of nitrogens with one attached hydrogen (secondary N) is 1. The first-order valence-corrected chi connectivity index (χ1v) is 9.56. The highest BCUT2D eigenvalue weighted by atomic mass is 32.1. The molecule has 27 heavy (non-hydrogen) atoms. The lowest BCUT2D eigenvalue weighted by molar-refractivity contribution is -0.120. The molecule has 0 unspecified atom stereocenters. The van der Waals surface area contributed by atoms with Crippen LogP contribution < -0.4 is 14.8 Å². The van der Waals surface area contributed by atoms with Crippen LogP contribution in [0.15, 0.2) is 47.8 Å². The normalized spacial score (nSPS) is 10.5. The molecule has 0 fully saturated rings. The lowest BCUT2D eigenvalue weighted by Gasteiger charge is -2.08. The Morgan fingerprint density at radius 1 is 1.04 bits per heavy atom. The fraction of sp³-hybridized carbons (Fsp3) is 0.238. The van der Waals surface area contributed by atoms with Crippen LogP contribution in [0.25, 0.3) is 21.8 Å². The molecule has 140 valence electrons. The lowest BCUT2D eigenvalue weighted by atomic mass is 10.1. The minimum Gasteiger partial charge on any atom is -0.493 e. The van der Waals surface area contributed by atoms with Gasteiger partial charge in [0.25, 0.3) is 0 Å². The molecule has 2 aromatic carbocycles. The second-order valence-electron chi connectivity index (χ2n) is 5.93. The second-order valence-corrected chi connectivity index (χ2v) is 6.79. The van der Waals surface area contributed by atoms with Crippen LogP contribution in [0, 0.1) is 0 Å². The molecule has 1 aromatic heterocycles. The Balaban J connectivity index is 1.76. The minimum atomic E-state index is 0.0542. The van der Waals surface area contributed by atoms with Crippen molar-refractivity contribution in [3.8, 4) is 33.3 Å². The summed E-state index contributed by atoms with van der Waals surface area (Å²) in [6, 6.07) is 13.9. The maximum atomic E-state index is 11.4. The Morgan fingerprint density at radius 2 is 1.74 bits per heavy atom. The summed E-state index contributed by atoms with van der Waals surface area (Å²) in [5.41, 5.74) is 4.00. The number of hydrogen-bond acceptors (Lipinski definition) is 5. The van der Waals surface area contributed by atoms with Gasteiger partial charge in [-0.15, -0.1) is 11.3 Å². The van der Waals surface area contributed by atoms with Gasteiger partial charge in [0.1, 0.15) is 5.01 Å². The van der Waals surface area contributed by atoms with Gasteiger partial charge in [0.15, 0.2) is 11.5 Å². The topological polar surface area (TPSA) is 60.5 Å². The molecule has 0 atom stereocenters. The van der Waals surface area contributed by atoms with E-state index in [1.54, 1.807) is 25.6 Å². The van der Waals surface area contributed by atoms with Crippen LogP contribution >= 0.6 is 11.3 Å².